The maximum absolute atomic E-state index is 6.30. The van der Waals surface area contributed by atoms with Crippen molar-refractivity contribution in [2.24, 2.45) is 7.05 Å². The predicted octanol–water partition coefficient (Wildman–Crippen LogP) is 3.69. The highest BCUT2D eigenvalue weighted by Crippen LogP contribution is 2.36. The molecule has 4 aromatic heterocycles. The maximum Gasteiger partial charge on any atom is 0.164 e. The second-order valence-electron chi connectivity index (χ2n) is 7.98. The van der Waals surface area contributed by atoms with Gasteiger partial charge in [0.25, 0.3) is 0 Å². The average molecular weight is 395 g/mol. The predicted molar refractivity (Wildman–Crippen MR) is 117 cm³/mol. The van der Waals surface area contributed by atoms with Crippen LogP contribution in [0.15, 0.2) is 55.1 Å². The van der Waals surface area contributed by atoms with Crippen molar-refractivity contribution in [3.8, 4) is 11.3 Å². The highest BCUT2D eigenvalue weighted by atomic mass is 15.3. The summed E-state index contributed by atoms with van der Waals surface area (Å²) in [4.78, 5) is 13.5. The summed E-state index contributed by atoms with van der Waals surface area (Å²) in [6.07, 6.45) is 8.39. The highest BCUT2D eigenvalue weighted by Gasteiger charge is 2.26. The third-order valence-electron chi connectivity index (χ3n) is 6.17. The summed E-state index contributed by atoms with van der Waals surface area (Å²) in [6.45, 7) is 0. The second kappa shape index (κ2) is 6.38. The van der Waals surface area contributed by atoms with E-state index in [-0.39, 0.29) is 6.04 Å². The Kier molecular flexibility index (Phi) is 3.65. The van der Waals surface area contributed by atoms with Gasteiger partial charge in [-0.1, -0.05) is 24.3 Å². The summed E-state index contributed by atoms with van der Waals surface area (Å²) < 4.78 is 4.06. The SMILES string of the molecule is Cn1ccc2cc(-c3nn(C4CCc5ccccc5C4)c4ncnc(N)c34)cnc21. The molecule has 0 spiro atoms. The van der Waals surface area contributed by atoms with E-state index in [9.17, 15) is 0 Å². The first-order chi connectivity index (χ1) is 14.7. The van der Waals surface area contributed by atoms with E-state index in [2.05, 4.69) is 51.4 Å². The quantitative estimate of drug-likeness (QED) is 0.492. The van der Waals surface area contributed by atoms with Gasteiger partial charge in [-0.3, -0.25) is 0 Å². The molecule has 0 radical (unpaired) electrons. The van der Waals surface area contributed by atoms with Crippen LogP contribution in [0.25, 0.3) is 33.3 Å². The Balaban J connectivity index is 1.52. The van der Waals surface area contributed by atoms with Gasteiger partial charge in [-0.15, -0.1) is 0 Å². The maximum atomic E-state index is 6.30. The number of hydrogen-bond donors (Lipinski definition) is 1. The summed E-state index contributed by atoms with van der Waals surface area (Å²) in [7, 11) is 1.99. The monoisotopic (exact) mass is 395 g/mol. The molecule has 0 saturated heterocycles. The molecule has 0 aliphatic heterocycles. The largest absolute Gasteiger partial charge is 0.383 e. The lowest BCUT2D eigenvalue weighted by atomic mass is 9.88. The van der Waals surface area contributed by atoms with Crippen LogP contribution in [0.4, 0.5) is 5.82 Å². The van der Waals surface area contributed by atoms with Crippen LogP contribution in [0, 0.1) is 0 Å². The fourth-order valence-electron chi connectivity index (χ4n) is 4.62. The highest BCUT2D eigenvalue weighted by molar-refractivity contribution is 5.99. The Labute approximate surface area is 173 Å². The lowest BCUT2D eigenvalue weighted by Crippen LogP contribution is -2.20. The van der Waals surface area contributed by atoms with Crippen molar-refractivity contribution < 1.29 is 0 Å². The fraction of sp³-hybridized carbons (Fsp3) is 0.217. The Bertz CT molecular complexity index is 1410. The minimum atomic E-state index is 0.235. The molecule has 1 atom stereocenters. The first kappa shape index (κ1) is 17.1. The number of aromatic nitrogens is 6. The van der Waals surface area contributed by atoms with E-state index in [0.717, 1.165) is 52.6 Å². The van der Waals surface area contributed by atoms with Gasteiger partial charge in [-0.25, -0.2) is 19.6 Å². The Hall–Kier alpha value is -3.74. The zero-order valence-electron chi connectivity index (χ0n) is 16.7. The number of anilines is 1. The van der Waals surface area contributed by atoms with E-state index in [1.54, 1.807) is 0 Å². The Morgan fingerprint density at radius 2 is 1.90 bits per heavy atom. The van der Waals surface area contributed by atoms with Crippen LogP contribution in [0.5, 0.6) is 0 Å². The van der Waals surface area contributed by atoms with Gasteiger partial charge < -0.3 is 10.3 Å². The lowest BCUT2D eigenvalue weighted by Gasteiger charge is -2.25. The van der Waals surface area contributed by atoms with Crippen molar-refractivity contribution in [1.82, 2.24) is 29.3 Å². The summed E-state index contributed by atoms with van der Waals surface area (Å²) in [5.41, 5.74) is 12.6. The first-order valence-corrected chi connectivity index (χ1v) is 10.2. The molecule has 7 heteroatoms. The normalized spacial score (nSPS) is 16.2. The number of nitrogens with zero attached hydrogens (tertiary/aromatic N) is 6. The van der Waals surface area contributed by atoms with Crippen LogP contribution >= 0.6 is 0 Å². The first-order valence-electron chi connectivity index (χ1n) is 10.2. The van der Waals surface area contributed by atoms with Crippen molar-refractivity contribution in [3.05, 3.63) is 66.2 Å². The summed E-state index contributed by atoms with van der Waals surface area (Å²) >= 11 is 0. The molecule has 4 heterocycles. The number of hydrogen-bond acceptors (Lipinski definition) is 5. The molecule has 0 amide bonds. The summed E-state index contributed by atoms with van der Waals surface area (Å²) in [5.74, 6) is 0.450. The van der Waals surface area contributed by atoms with Crippen molar-refractivity contribution in [1.29, 1.82) is 0 Å². The van der Waals surface area contributed by atoms with E-state index < -0.39 is 0 Å². The van der Waals surface area contributed by atoms with Crippen molar-refractivity contribution in [3.63, 3.8) is 0 Å². The zero-order valence-corrected chi connectivity index (χ0v) is 16.7. The van der Waals surface area contributed by atoms with E-state index in [1.165, 1.54) is 17.5 Å². The molecule has 0 fully saturated rings. The Morgan fingerprint density at radius 1 is 1.03 bits per heavy atom. The molecular weight excluding hydrogens is 374 g/mol. The van der Waals surface area contributed by atoms with Gasteiger partial charge in [-0.2, -0.15) is 5.10 Å². The van der Waals surface area contributed by atoms with Gasteiger partial charge in [-0.05, 0) is 42.5 Å². The van der Waals surface area contributed by atoms with E-state index in [0.29, 0.717) is 5.82 Å². The smallest absolute Gasteiger partial charge is 0.164 e. The number of benzene rings is 1. The van der Waals surface area contributed by atoms with Gasteiger partial charge in [0.05, 0.1) is 11.4 Å². The van der Waals surface area contributed by atoms with Gasteiger partial charge in [0.1, 0.15) is 23.5 Å². The summed E-state index contributed by atoms with van der Waals surface area (Å²) in [5, 5.41) is 6.89. The lowest BCUT2D eigenvalue weighted by molar-refractivity contribution is 0.415. The molecule has 1 aromatic carbocycles. The minimum absolute atomic E-state index is 0.235. The van der Waals surface area contributed by atoms with Crippen LogP contribution in [-0.2, 0) is 19.9 Å². The van der Waals surface area contributed by atoms with Gasteiger partial charge in [0.15, 0.2) is 5.65 Å². The number of fused-ring (bicyclic) bond motifs is 3. The van der Waals surface area contributed by atoms with Crippen molar-refractivity contribution in [2.75, 3.05) is 5.73 Å². The van der Waals surface area contributed by atoms with E-state index in [4.69, 9.17) is 10.8 Å². The molecule has 0 saturated carbocycles. The Morgan fingerprint density at radius 3 is 2.80 bits per heavy atom. The topological polar surface area (TPSA) is 87.4 Å². The van der Waals surface area contributed by atoms with E-state index >= 15 is 0 Å². The average Bonchev–Trinajstić information content (AvgIpc) is 3.35. The molecule has 2 N–H and O–H groups in total. The number of rotatable bonds is 2. The number of aryl methyl sites for hydroxylation is 2. The summed E-state index contributed by atoms with van der Waals surface area (Å²) in [6, 6.07) is 13.1. The van der Waals surface area contributed by atoms with Crippen molar-refractivity contribution in [2.45, 2.75) is 25.3 Å². The molecule has 148 valence electrons. The second-order valence-corrected chi connectivity index (χ2v) is 7.98. The van der Waals surface area contributed by atoms with Crippen LogP contribution in [0.1, 0.15) is 23.6 Å². The minimum Gasteiger partial charge on any atom is -0.383 e. The molecule has 6 rings (SSSR count). The molecule has 1 aliphatic carbocycles. The standard InChI is InChI=1S/C23H21N7/c1-29-9-8-16-10-17(12-25-22(16)29)20-19-21(24)26-13-27-23(19)30(28-20)18-7-6-14-4-2-3-5-15(14)11-18/h2-5,8-10,12-13,18H,6-7,11H2,1H3,(H2,24,26,27). The number of nitrogens with two attached hydrogens (primary N) is 1. The molecule has 7 nitrogen and oxygen atoms in total. The molecule has 0 bridgehead atoms. The van der Waals surface area contributed by atoms with Crippen molar-refractivity contribution >= 4 is 27.9 Å². The molecule has 1 aliphatic rings. The molecule has 30 heavy (non-hydrogen) atoms. The van der Waals surface area contributed by atoms with Crippen LogP contribution in [0.3, 0.4) is 0 Å². The molecule has 1 unspecified atom stereocenters. The van der Waals surface area contributed by atoms with E-state index in [1.807, 2.05) is 28.7 Å². The van der Waals surface area contributed by atoms with Gasteiger partial charge >= 0.3 is 0 Å². The van der Waals surface area contributed by atoms with Crippen LogP contribution in [0.2, 0.25) is 0 Å². The number of pyridine rings is 1. The van der Waals surface area contributed by atoms with Crippen LogP contribution < -0.4 is 5.73 Å². The number of nitrogen functional groups attached to an aromatic ring is 1. The zero-order chi connectivity index (χ0) is 20.2. The molecule has 5 aromatic rings. The van der Waals surface area contributed by atoms with Gasteiger partial charge in [0, 0.05) is 30.4 Å². The third-order valence-corrected chi connectivity index (χ3v) is 6.17. The molecular formula is C23H21N7. The fourth-order valence-corrected chi connectivity index (χ4v) is 4.62. The van der Waals surface area contributed by atoms with Gasteiger partial charge in [0.2, 0.25) is 0 Å². The van der Waals surface area contributed by atoms with Crippen LogP contribution in [-0.4, -0.2) is 29.3 Å². The third kappa shape index (κ3) is 2.51.